The molecule has 6 heteroatoms. The van der Waals surface area contributed by atoms with Crippen molar-refractivity contribution in [1.29, 1.82) is 0 Å². The summed E-state index contributed by atoms with van der Waals surface area (Å²) in [6.07, 6.45) is 0. The summed E-state index contributed by atoms with van der Waals surface area (Å²) in [6, 6.07) is 23.4. The highest BCUT2D eigenvalue weighted by atomic mass is 79.9. The smallest absolute Gasteiger partial charge is 0.265 e. The van der Waals surface area contributed by atoms with E-state index in [4.69, 9.17) is 0 Å². The average Bonchev–Trinajstić information content (AvgIpc) is 3.26. The van der Waals surface area contributed by atoms with E-state index in [0.717, 1.165) is 37.9 Å². The molecule has 30 heavy (non-hydrogen) atoms. The van der Waals surface area contributed by atoms with E-state index in [1.165, 1.54) is 0 Å². The van der Waals surface area contributed by atoms with Crippen LogP contribution in [0.2, 0.25) is 0 Å². The largest absolute Gasteiger partial charge is 0.330 e. The number of anilines is 1. The van der Waals surface area contributed by atoms with Gasteiger partial charge >= 0.3 is 0 Å². The predicted molar refractivity (Wildman–Crippen MR) is 125 cm³/mol. The molecule has 1 atom stereocenters. The summed E-state index contributed by atoms with van der Waals surface area (Å²) in [5, 5.41) is 1.10. The van der Waals surface area contributed by atoms with Gasteiger partial charge in [-0.25, -0.2) is 8.42 Å². The normalized spacial score (nSPS) is 16.2. The average molecular weight is 481 g/mol. The number of benzene rings is 3. The molecule has 4 aromatic rings. The van der Waals surface area contributed by atoms with Crippen molar-refractivity contribution in [2.75, 3.05) is 10.8 Å². The van der Waals surface area contributed by atoms with E-state index in [-0.39, 0.29) is 5.92 Å². The van der Waals surface area contributed by atoms with E-state index in [0.29, 0.717) is 11.4 Å². The molecule has 1 aliphatic rings. The lowest BCUT2D eigenvalue weighted by molar-refractivity contribution is 0.590. The first-order valence-corrected chi connectivity index (χ1v) is 12.0. The van der Waals surface area contributed by atoms with Crippen LogP contribution in [0.1, 0.15) is 22.6 Å². The summed E-state index contributed by atoms with van der Waals surface area (Å²) >= 11 is 3.57. The molecule has 4 nitrogen and oxygen atoms in total. The Bertz CT molecular complexity index is 1370. The van der Waals surface area contributed by atoms with Crippen LogP contribution in [0, 0.1) is 6.92 Å². The van der Waals surface area contributed by atoms with Crippen molar-refractivity contribution in [2.24, 2.45) is 7.05 Å². The van der Waals surface area contributed by atoms with Crippen LogP contribution in [0.4, 0.5) is 5.82 Å². The molecule has 1 unspecified atom stereocenters. The molecule has 152 valence electrons. The molecule has 0 aliphatic carbocycles. The lowest BCUT2D eigenvalue weighted by Gasteiger charge is -2.22. The van der Waals surface area contributed by atoms with Crippen LogP contribution >= 0.6 is 15.9 Å². The number of fused-ring (bicyclic) bond motifs is 3. The van der Waals surface area contributed by atoms with Gasteiger partial charge in [0.2, 0.25) is 0 Å². The number of rotatable bonds is 3. The summed E-state index contributed by atoms with van der Waals surface area (Å²) < 4.78 is 31.9. The maximum Gasteiger partial charge on any atom is 0.265 e. The van der Waals surface area contributed by atoms with Gasteiger partial charge in [-0.05, 0) is 42.8 Å². The molecule has 0 radical (unpaired) electrons. The first-order valence-electron chi connectivity index (χ1n) is 9.80. The van der Waals surface area contributed by atoms with Gasteiger partial charge in [0.25, 0.3) is 10.0 Å². The van der Waals surface area contributed by atoms with Crippen LogP contribution in [-0.4, -0.2) is 19.5 Å². The number of hydrogen-bond donors (Lipinski definition) is 0. The van der Waals surface area contributed by atoms with Crippen LogP contribution in [0.3, 0.4) is 0 Å². The van der Waals surface area contributed by atoms with Gasteiger partial charge < -0.3 is 4.57 Å². The quantitative estimate of drug-likeness (QED) is 0.383. The van der Waals surface area contributed by atoms with E-state index in [1.54, 1.807) is 16.4 Å². The molecule has 3 aromatic carbocycles. The standard InChI is InChI=1S/C24H21BrN2O2S/c1-16-10-12-19(13-11-16)30(28,29)27-15-21(17-6-5-7-18(25)14-17)23-20-8-3-4-9-22(20)26(2)24(23)27/h3-14,21H,15H2,1-2H3. The third-order valence-electron chi connectivity index (χ3n) is 5.91. The molecule has 1 aromatic heterocycles. The van der Waals surface area contributed by atoms with E-state index in [1.807, 2.05) is 61.0 Å². The Morgan fingerprint density at radius 1 is 0.967 bits per heavy atom. The summed E-state index contributed by atoms with van der Waals surface area (Å²) in [5.41, 5.74) is 4.24. The summed E-state index contributed by atoms with van der Waals surface area (Å²) in [4.78, 5) is 0.319. The Morgan fingerprint density at radius 2 is 1.70 bits per heavy atom. The van der Waals surface area contributed by atoms with Crippen LogP contribution < -0.4 is 4.31 Å². The molecule has 5 rings (SSSR count). The van der Waals surface area contributed by atoms with Gasteiger partial charge in [0, 0.05) is 40.4 Å². The molecule has 2 heterocycles. The van der Waals surface area contributed by atoms with Crippen LogP contribution in [0.5, 0.6) is 0 Å². The van der Waals surface area contributed by atoms with Gasteiger partial charge in [0.1, 0.15) is 5.82 Å². The molecule has 0 fully saturated rings. The van der Waals surface area contributed by atoms with Gasteiger partial charge in [0.05, 0.1) is 4.90 Å². The summed E-state index contributed by atoms with van der Waals surface area (Å²) in [5.74, 6) is 0.713. The van der Waals surface area contributed by atoms with E-state index >= 15 is 0 Å². The Balaban J connectivity index is 1.75. The van der Waals surface area contributed by atoms with Gasteiger partial charge in [-0.3, -0.25) is 4.31 Å². The number of sulfonamides is 1. The highest BCUT2D eigenvalue weighted by Gasteiger charge is 2.41. The third-order valence-corrected chi connectivity index (χ3v) is 8.17. The van der Waals surface area contributed by atoms with Crippen molar-refractivity contribution in [1.82, 2.24) is 4.57 Å². The van der Waals surface area contributed by atoms with Gasteiger partial charge in [-0.15, -0.1) is 0 Å². The SMILES string of the molecule is Cc1ccc(S(=O)(=O)N2CC(c3cccc(Br)c3)c3c2n(C)c2ccccc32)cc1. The van der Waals surface area contributed by atoms with Crippen molar-refractivity contribution in [3.05, 3.63) is 94.0 Å². The first kappa shape index (κ1) is 19.4. The number of halogens is 1. The van der Waals surface area contributed by atoms with Gasteiger partial charge in [0.15, 0.2) is 0 Å². The van der Waals surface area contributed by atoms with E-state index in [9.17, 15) is 8.42 Å². The van der Waals surface area contributed by atoms with Crippen molar-refractivity contribution in [2.45, 2.75) is 17.7 Å². The lowest BCUT2D eigenvalue weighted by Crippen LogP contribution is -2.31. The molecule has 0 saturated heterocycles. The summed E-state index contributed by atoms with van der Waals surface area (Å²) in [7, 11) is -1.74. The number of aryl methyl sites for hydroxylation is 2. The van der Waals surface area contributed by atoms with Crippen LogP contribution in [0.15, 0.2) is 82.2 Å². The van der Waals surface area contributed by atoms with E-state index in [2.05, 4.69) is 34.1 Å². The fraction of sp³-hybridized carbons (Fsp3) is 0.167. The molecule has 0 bridgehead atoms. The fourth-order valence-corrected chi connectivity index (χ4v) is 6.39. The predicted octanol–water partition coefficient (Wildman–Crippen LogP) is 5.59. The van der Waals surface area contributed by atoms with E-state index < -0.39 is 10.0 Å². The van der Waals surface area contributed by atoms with Crippen molar-refractivity contribution in [3.63, 3.8) is 0 Å². The van der Waals surface area contributed by atoms with Crippen molar-refractivity contribution >= 4 is 42.7 Å². The maximum absolute atomic E-state index is 13.7. The van der Waals surface area contributed by atoms with Crippen molar-refractivity contribution in [3.8, 4) is 0 Å². The molecule has 0 N–H and O–H groups in total. The Morgan fingerprint density at radius 3 is 2.43 bits per heavy atom. The first-order chi connectivity index (χ1) is 14.4. The number of para-hydroxylation sites is 1. The second-order valence-electron chi connectivity index (χ2n) is 7.77. The lowest BCUT2D eigenvalue weighted by atomic mass is 9.93. The minimum absolute atomic E-state index is 0.0381. The zero-order valence-corrected chi connectivity index (χ0v) is 19.1. The van der Waals surface area contributed by atoms with Crippen LogP contribution in [0.25, 0.3) is 10.9 Å². The van der Waals surface area contributed by atoms with Gasteiger partial charge in [-0.2, -0.15) is 0 Å². The zero-order chi connectivity index (χ0) is 21.0. The molecular formula is C24H21BrN2O2S. The number of nitrogens with zero attached hydrogens (tertiary/aromatic N) is 2. The second kappa shape index (κ2) is 7.00. The highest BCUT2D eigenvalue weighted by molar-refractivity contribution is 9.10. The monoisotopic (exact) mass is 480 g/mol. The fourth-order valence-electron chi connectivity index (χ4n) is 4.44. The zero-order valence-electron chi connectivity index (χ0n) is 16.7. The molecule has 0 spiro atoms. The maximum atomic E-state index is 13.7. The molecule has 0 saturated carbocycles. The number of aromatic nitrogens is 1. The Hall–Kier alpha value is -2.57. The van der Waals surface area contributed by atoms with Crippen molar-refractivity contribution < 1.29 is 8.42 Å². The van der Waals surface area contributed by atoms with Gasteiger partial charge in [-0.1, -0.05) is 64.0 Å². The summed E-state index contributed by atoms with van der Waals surface area (Å²) in [6.45, 7) is 2.34. The topological polar surface area (TPSA) is 42.3 Å². The molecular weight excluding hydrogens is 460 g/mol. The molecule has 0 amide bonds. The minimum atomic E-state index is -3.69. The van der Waals surface area contributed by atoms with Crippen LogP contribution in [-0.2, 0) is 17.1 Å². The molecule has 1 aliphatic heterocycles. The Labute approximate surface area is 184 Å². The minimum Gasteiger partial charge on any atom is -0.330 e. The highest BCUT2D eigenvalue weighted by Crippen LogP contribution is 2.48. The Kier molecular flexibility index (Phi) is 4.52. The third kappa shape index (κ3) is 2.89. The number of hydrogen-bond acceptors (Lipinski definition) is 2. The second-order valence-corrected chi connectivity index (χ2v) is 10.5.